The molecule has 0 amide bonds. The van der Waals surface area contributed by atoms with E-state index in [9.17, 15) is 0 Å². The second kappa shape index (κ2) is 7.63. The van der Waals surface area contributed by atoms with Crippen molar-refractivity contribution in [3.63, 3.8) is 0 Å². The Balaban J connectivity index is 1.56. The van der Waals surface area contributed by atoms with Crippen LogP contribution in [0.1, 0.15) is 6.42 Å². The fraction of sp³-hybridized carbons (Fsp3) is 0.136. The van der Waals surface area contributed by atoms with Crippen molar-refractivity contribution in [2.75, 3.05) is 6.61 Å². The Bertz CT molecular complexity index is 994. The van der Waals surface area contributed by atoms with E-state index in [4.69, 9.17) is 21.3 Å². The number of aryl methyl sites for hydroxylation is 1. The van der Waals surface area contributed by atoms with Crippen LogP contribution in [0.3, 0.4) is 0 Å². The van der Waals surface area contributed by atoms with Gasteiger partial charge < -0.3 is 9.30 Å². The molecule has 0 unspecified atom stereocenters. The normalized spacial score (nSPS) is 11.0. The molecule has 0 fully saturated rings. The summed E-state index contributed by atoms with van der Waals surface area (Å²) in [6, 6.07) is 26.0. The lowest BCUT2D eigenvalue weighted by Crippen LogP contribution is -2.06. The van der Waals surface area contributed by atoms with Crippen molar-refractivity contribution in [2.45, 2.75) is 13.0 Å². The molecule has 3 nitrogen and oxygen atoms in total. The van der Waals surface area contributed by atoms with Gasteiger partial charge in [-0.3, -0.25) is 0 Å². The van der Waals surface area contributed by atoms with E-state index < -0.39 is 0 Å². The van der Waals surface area contributed by atoms with E-state index in [0.29, 0.717) is 6.61 Å². The van der Waals surface area contributed by atoms with Crippen molar-refractivity contribution in [3.05, 3.63) is 83.9 Å². The van der Waals surface area contributed by atoms with E-state index in [1.807, 2.05) is 72.8 Å². The van der Waals surface area contributed by atoms with E-state index in [-0.39, 0.29) is 0 Å². The van der Waals surface area contributed by atoms with Crippen LogP contribution in [-0.4, -0.2) is 16.2 Å². The van der Waals surface area contributed by atoms with Crippen LogP contribution in [0.4, 0.5) is 0 Å². The summed E-state index contributed by atoms with van der Waals surface area (Å²) < 4.78 is 8.08. The lowest BCUT2D eigenvalue weighted by Gasteiger charge is -2.10. The summed E-state index contributed by atoms with van der Waals surface area (Å²) in [4.78, 5) is 4.83. The number of hydrogen-bond acceptors (Lipinski definition) is 2. The number of para-hydroxylation sites is 3. The zero-order chi connectivity index (χ0) is 17.8. The minimum atomic E-state index is 0.663. The molecular weight excluding hydrogens is 344 g/mol. The van der Waals surface area contributed by atoms with Gasteiger partial charge in [-0.25, -0.2) is 4.98 Å². The SMILES string of the molecule is Clc1ccc(-c2nc3ccccc3n2CCCOc2ccccc2)cc1. The number of fused-ring (bicyclic) bond motifs is 1. The number of hydrogen-bond donors (Lipinski definition) is 0. The van der Waals surface area contributed by atoms with Gasteiger partial charge in [-0.15, -0.1) is 0 Å². The minimum absolute atomic E-state index is 0.663. The topological polar surface area (TPSA) is 27.1 Å². The molecular formula is C22H19ClN2O. The van der Waals surface area contributed by atoms with Gasteiger partial charge in [-0.1, -0.05) is 41.9 Å². The van der Waals surface area contributed by atoms with E-state index in [0.717, 1.165) is 46.2 Å². The van der Waals surface area contributed by atoms with Gasteiger partial charge in [0.25, 0.3) is 0 Å². The molecule has 3 aromatic carbocycles. The third-order valence-electron chi connectivity index (χ3n) is 4.29. The molecule has 0 aliphatic carbocycles. The van der Waals surface area contributed by atoms with Crippen LogP contribution in [0.25, 0.3) is 22.4 Å². The van der Waals surface area contributed by atoms with Crippen molar-refractivity contribution in [3.8, 4) is 17.1 Å². The van der Waals surface area contributed by atoms with Gasteiger partial charge in [0.15, 0.2) is 0 Å². The highest BCUT2D eigenvalue weighted by Gasteiger charge is 2.12. The summed E-state index contributed by atoms with van der Waals surface area (Å²) in [6.07, 6.45) is 0.899. The zero-order valence-corrected chi connectivity index (χ0v) is 15.1. The summed E-state index contributed by atoms with van der Waals surface area (Å²) in [5.74, 6) is 1.86. The first kappa shape index (κ1) is 16.7. The van der Waals surface area contributed by atoms with Crippen molar-refractivity contribution in [1.82, 2.24) is 9.55 Å². The van der Waals surface area contributed by atoms with Crippen molar-refractivity contribution >= 4 is 22.6 Å². The lowest BCUT2D eigenvalue weighted by atomic mass is 10.2. The fourth-order valence-corrected chi connectivity index (χ4v) is 3.18. The van der Waals surface area contributed by atoms with E-state index in [1.54, 1.807) is 0 Å². The Kier molecular flexibility index (Phi) is 4.89. The molecule has 0 atom stereocenters. The number of nitrogens with zero attached hydrogens (tertiary/aromatic N) is 2. The molecule has 0 aliphatic heterocycles. The van der Waals surface area contributed by atoms with E-state index in [1.165, 1.54) is 0 Å². The quantitative estimate of drug-likeness (QED) is 0.404. The first-order valence-electron chi connectivity index (χ1n) is 8.70. The molecule has 0 N–H and O–H groups in total. The smallest absolute Gasteiger partial charge is 0.141 e. The standard InChI is InChI=1S/C22H19ClN2O/c23-18-13-11-17(12-14-18)22-24-20-9-4-5-10-21(20)25(22)15-6-16-26-19-7-2-1-3-8-19/h1-5,7-14H,6,15-16H2. The number of ether oxygens (including phenoxy) is 1. The molecule has 130 valence electrons. The molecule has 4 rings (SSSR count). The highest BCUT2D eigenvalue weighted by molar-refractivity contribution is 6.30. The van der Waals surface area contributed by atoms with Gasteiger partial charge in [0.05, 0.1) is 17.6 Å². The highest BCUT2D eigenvalue weighted by Crippen LogP contribution is 2.26. The Morgan fingerprint density at radius 1 is 0.846 bits per heavy atom. The molecule has 0 radical (unpaired) electrons. The van der Waals surface area contributed by atoms with Crippen LogP contribution in [-0.2, 0) is 6.54 Å². The maximum atomic E-state index is 6.03. The Morgan fingerprint density at radius 3 is 2.38 bits per heavy atom. The van der Waals surface area contributed by atoms with Crippen LogP contribution in [0.5, 0.6) is 5.75 Å². The third-order valence-corrected chi connectivity index (χ3v) is 4.55. The van der Waals surface area contributed by atoms with Crippen molar-refractivity contribution in [2.24, 2.45) is 0 Å². The second-order valence-electron chi connectivity index (χ2n) is 6.10. The Morgan fingerprint density at radius 2 is 1.58 bits per heavy atom. The predicted molar refractivity (Wildman–Crippen MR) is 107 cm³/mol. The summed E-state index contributed by atoms with van der Waals surface area (Å²) in [7, 11) is 0. The third kappa shape index (κ3) is 3.58. The summed E-state index contributed by atoms with van der Waals surface area (Å²) in [5.41, 5.74) is 3.20. The molecule has 0 spiro atoms. The predicted octanol–water partition coefficient (Wildman–Crippen LogP) is 5.83. The number of halogens is 1. The van der Waals surface area contributed by atoms with Gasteiger partial charge in [0.1, 0.15) is 11.6 Å². The molecule has 0 bridgehead atoms. The first-order chi connectivity index (χ1) is 12.8. The van der Waals surface area contributed by atoms with Crippen LogP contribution < -0.4 is 4.74 Å². The Labute approximate surface area is 157 Å². The molecule has 26 heavy (non-hydrogen) atoms. The van der Waals surface area contributed by atoms with Gasteiger partial charge in [0, 0.05) is 17.1 Å². The van der Waals surface area contributed by atoms with Crippen molar-refractivity contribution < 1.29 is 4.74 Å². The minimum Gasteiger partial charge on any atom is -0.494 e. The second-order valence-corrected chi connectivity index (χ2v) is 6.53. The maximum Gasteiger partial charge on any atom is 0.141 e. The monoisotopic (exact) mass is 362 g/mol. The number of aromatic nitrogens is 2. The number of imidazole rings is 1. The molecule has 4 aromatic rings. The average Bonchev–Trinajstić information content (AvgIpc) is 3.05. The lowest BCUT2D eigenvalue weighted by molar-refractivity contribution is 0.303. The van der Waals surface area contributed by atoms with E-state index >= 15 is 0 Å². The number of benzene rings is 3. The molecule has 0 aliphatic rings. The number of rotatable bonds is 6. The zero-order valence-electron chi connectivity index (χ0n) is 14.3. The Hall–Kier alpha value is -2.78. The largest absolute Gasteiger partial charge is 0.494 e. The van der Waals surface area contributed by atoms with Crippen LogP contribution >= 0.6 is 11.6 Å². The van der Waals surface area contributed by atoms with Gasteiger partial charge >= 0.3 is 0 Å². The molecule has 4 heteroatoms. The average molecular weight is 363 g/mol. The van der Waals surface area contributed by atoms with Crippen molar-refractivity contribution in [1.29, 1.82) is 0 Å². The summed E-state index contributed by atoms with van der Waals surface area (Å²) in [5, 5.41) is 0.729. The van der Waals surface area contributed by atoms with Crippen LogP contribution in [0.15, 0.2) is 78.9 Å². The highest BCUT2D eigenvalue weighted by atomic mass is 35.5. The molecule has 0 saturated heterocycles. The molecule has 1 heterocycles. The van der Waals surface area contributed by atoms with Gasteiger partial charge in [-0.2, -0.15) is 0 Å². The summed E-state index contributed by atoms with van der Waals surface area (Å²) in [6.45, 7) is 1.50. The molecule has 0 saturated carbocycles. The summed E-state index contributed by atoms with van der Waals surface area (Å²) >= 11 is 6.03. The van der Waals surface area contributed by atoms with Crippen LogP contribution in [0.2, 0.25) is 5.02 Å². The fourth-order valence-electron chi connectivity index (χ4n) is 3.05. The first-order valence-corrected chi connectivity index (χ1v) is 9.08. The van der Waals surface area contributed by atoms with Gasteiger partial charge in [-0.05, 0) is 55.0 Å². The maximum absolute atomic E-state index is 6.03. The van der Waals surface area contributed by atoms with Gasteiger partial charge in [0.2, 0.25) is 0 Å². The van der Waals surface area contributed by atoms with E-state index in [2.05, 4.69) is 10.6 Å². The van der Waals surface area contributed by atoms with Crippen LogP contribution in [0, 0.1) is 0 Å². The molecule has 1 aromatic heterocycles.